The Hall–Kier alpha value is 0.110. The third-order valence-corrected chi connectivity index (χ3v) is 2.85. The molecule has 0 saturated carbocycles. The summed E-state index contributed by atoms with van der Waals surface area (Å²) in [7, 11) is 3.49. The van der Waals surface area contributed by atoms with Gasteiger partial charge in [0, 0.05) is 18.8 Å². The van der Waals surface area contributed by atoms with E-state index in [0.717, 1.165) is 5.57 Å². The van der Waals surface area contributed by atoms with Crippen LogP contribution in [0.4, 0.5) is 0 Å². The molecular formula is C8H18NO4P2+. The monoisotopic (exact) mass is 254 g/mol. The molecule has 0 fully saturated rings. The Kier molecular flexibility index (Phi) is 7.45. The molecule has 0 aromatic carbocycles. The first-order chi connectivity index (χ1) is 6.93. The molecule has 0 spiro atoms. The molecule has 15 heavy (non-hydrogen) atoms. The van der Waals surface area contributed by atoms with Gasteiger partial charge in [-0.2, -0.15) is 0 Å². The molecule has 0 amide bonds. The summed E-state index contributed by atoms with van der Waals surface area (Å²) in [4.78, 5) is 5.00. The molecule has 7 heteroatoms. The predicted octanol–water partition coefficient (Wildman–Crippen LogP) is 2.00. The number of hydrogen-bond acceptors (Lipinski definition) is 4. The summed E-state index contributed by atoms with van der Waals surface area (Å²) >= 11 is 0. The fraction of sp³-hybridized carbons (Fsp3) is 0.750. The highest BCUT2D eigenvalue weighted by Gasteiger charge is 2.26. The number of methoxy groups -OCH3 is 1. The Morgan fingerprint density at radius 2 is 2.20 bits per heavy atom. The fourth-order valence-electron chi connectivity index (χ4n) is 0.937. The zero-order valence-corrected chi connectivity index (χ0v) is 11.3. The lowest BCUT2D eigenvalue weighted by molar-refractivity contribution is -0.0330. The predicted molar refractivity (Wildman–Crippen MR) is 62.6 cm³/mol. The van der Waals surface area contributed by atoms with Gasteiger partial charge in [0.2, 0.25) is 0 Å². The van der Waals surface area contributed by atoms with Crippen LogP contribution < -0.4 is 5.25 Å². The second-order valence-corrected chi connectivity index (χ2v) is 5.34. The summed E-state index contributed by atoms with van der Waals surface area (Å²) in [5.74, 6) is 0. The summed E-state index contributed by atoms with van der Waals surface area (Å²) in [6.45, 7) is 5.93. The van der Waals surface area contributed by atoms with Crippen molar-refractivity contribution < 1.29 is 18.7 Å². The Balaban J connectivity index is 3.98. The van der Waals surface area contributed by atoms with Gasteiger partial charge in [-0.1, -0.05) is 5.57 Å². The molecule has 0 radical (unpaired) electrons. The van der Waals surface area contributed by atoms with Gasteiger partial charge in [0.05, 0.1) is 7.11 Å². The standard InChI is InChI=1S/C8H18NO4P2/c1-7(2)5-8(14,11-3)6-13-9-15(10)12-4/h1,5-6,14H2,2-4H3,(H,9,10)/q+1/t8-/m1/s1. The van der Waals surface area contributed by atoms with Crippen LogP contribution in [0.1, 0.15) is 13.3 Å². The van der Waals surface area contributed by atoms with Crippen molar-refractivity contribution in [3.05, 3.63) is 12.2 Å². The van der Waals surface area contributed by atoms with Gasteiger partial charge in [-0.25, -0.2) is 0 Å². The van der Waals surface area contributed by atoms with Crippen LogP contribution in [-0.4, -0.2) is 26.2 Å². The largest absolute Gasteiger partial charge is 0.638 e. The average Bonchev–Trinajstić information content (AvgIpc) is 2.16. The molecule has 0 aromatic heterocycles. The van der Waals surface area contributed by atoms with E-state index in [4.69, 9.17) is 9.57 Å². The summed E-state index contributed by atoms with van der Waals surface area (Å²) < 4.78 is 20.6. The van der Waals surface area contributed by atoms with Gasteiger partial charge in [0.15, 0.2) is 0 Å². The lowest BCUT2D eigenvalue weighted by Gasteiger charge is -2.26. The van der Waals surface area contributed by atoms with E-state index in [0.29, 0.717) is 6.42 Å². The van der Waals surface area contributed by atoms with Crippen LogP contribution in [0.3, 0.4) is 0 Å². The first-order valence-corrected chi connectivity index (χ1v) is 6.06. The number of rotatable bonds is 8. The lowest BCUT2D eigenvalue weighted by atomic mass is 10.1. The maximum Gasteiger partial charge on any atom is 0.638 e. The van der Waals surface area contributed by atoms with E-state index in [1.807, 2.05) is 6.92 Å². The molecule has 0 aliphatic carbocycles. The van der Waals surface area contributed by atoms with Crippen molar-refractivity contribution in [2.45, 2.75) is 18.7 Å². The van der Waals surface area contributed by atoms with E-state index in [-0.39, 0.29) is 6.61 Å². The zero-order valence-electron chi connectivity index (χ0n) is 9.28. The summed E-state index contributed by atoms with van der Waals surface area (Å²) in [5, 5.41) is 1.71. The molecule has 3 atom stereocenters. The first kappa shape index (κ1) is 15.1. The summed E-state index contributed by atoms with van der Waals surface area (Å²) in [6, 6.07) is 0. The van der Waals surface area contributed by atoms with E-state index in [2.05, 4.69) is 25.6 Å². The highest BCUT2D eigenvalue weighted by atomic mass is 31.1. The smallest absolute Gasteiger partial charge is 0.372 e. The van der Waals surface area contributed by atoms with Crippen LogP contribution in [0, 0.1) is 0 Å². The Morgan fingerprint density at radius 3 is 2.60 bits per heavy atom. The minimum atomic E-state index is -1.97. The molecule has 0 aliphatic heterocycles. The van der Waals surface area contributed by atoms with Crippen LogP contribution in [-0.2, 0) is 18.7 Å². The number of ether oxygens (including phenoxy) is 1. The fourth-order valence-corrected chi connectivity index (χ4v) is 1.61. The first-order valence-electron chi connectivity index (χ1n) is 4.31. The lowest BCUT2D eigenvalue weighted by Crippen LogP contribution is -2.32. The van der Waals surface area contributed by atoms with Crippen molar-refractivity contribution in [3.8, 4) is 0 Å². The second-order valence-electron chi connectivity index (χ2n) is 3.22. The van der Waals surface area contributed by atoms with E-state index in [1.165, 1.54) is 7.11 Å². The number of nitrogens with one attached hydrogen (secondary N) is 1. The second kappa shape index (κ2) is 7.39. The summed E-state index contributed by atoms with van der Waals surface area (Å²) in [5.41, 5.74) is 0.978. The normalized spacial score (nSPS) is 15.9. The molecule has 5 nitrogen and oxygen atoms in total. The quantitative estimate of drug-likeness (QED) is 0.408. The van der Waals surface area contributed by atoms with Crippen molar-refractivity contribution in [1.29, 1.82) is 0 Å². The minimum Gasteiger partial charge on any atom is -0.372 e. The van der Waals surface area contributed by atoms with Gasteiger partial charge >= 0.3 is 8.18 Å². The molecular weight excluding hydrogens is 236 g/mol. The van der Waals surface area contributed by atoms with Crippen LogP contribution >= 0.6 is 17.4 Å². The molecule has 0 aliphatic rings. The molecule has 0 heterocycles. The van der Waals surface area contributed by atoms with Gasteiger partial charge < -0.3 is 4.74 Å². The summed E-state index contributed by atoms with van der Waals surface area (Å²) in [6.07, 6.45) is 0.639. The number of hydrogen-bond donors (Lipinski definition) is 1. The van der Waals surface area contributed by atoms with Crippen molar-refractivity contribution in [2.24, 2.45) is 0 Å². The molecule has 0 aromatic rings. The van der Waals surface area contributed by atoms with Gasteiger partial charge in [-0.05, 0) is 11.5 Å². The molecule has 0 bridgehead atoms. The van der Waals surface area contributed by atoms with Crippen LogP contribution in [0.2, 0.25) is 0 Å². The van der Waals surface area contributed by atoms with E-state index in [1.54, 1.807) is 7.11 Å². The molecule has 2 unspecified atom stereocenters. The molecule has 1 N–H and O–H groups in total. The van der Waals surface area contributed by atoms with E-state index >= 15 is 0 Å². The van der Waals surface area contributed by atoms with E-state index < -0.39 is 13.5 Å². The molecule has 0 rings (SSSR count). The maximum atomic E-state index is 10.8. The van der Waals surface area contributed by atoms with Crippen molar-refractivity contribution >= 4 is 17.4 Å². The third kappa shape index (κ3) is 7.07. The molecule has 0 saturated heterocycles. The average molecular weight is 254 g/mol. The SMILES string of the molecule is C=C(C)C[C@@](P)(CON[P+](=O)OC)OC. The Morgan fingerprint density at radius 1 is 1.60 bits per heavy atom. The Labute approximate surface area is 93.6 Å². The van der Waals surface area contributed by atoms with Crippen molar-refractivity contribution in [3.63, 3.8) is 0 Å². The van der Waals surface area contributed by atoms with E-state index in [9.17, 15) is 4.57 Å². The van der Waals surface area contributed by atoms with Gasteiger partial charge in [-0.3, -0.25) is 4.84 Å². The topological polar surface area (TPSA) is 56.8 Å². The van der Waals surface area contributed by atoms with Crippen molar-refractivity contribution in [2.75, 3.05) is 20.8 Å². The Bertz CT molecular complexity index is 237. The van der Waals surface area contributed by atoms with Crippen LogP contribution in [0.15, 0.2) is 12.2 Å². The highest BCUT2D eigenvalue weighted by Crippen LogP contribution is 2.27. The van der Waals surface area contributed by atoms with Gasteiger partial charge in [0.1, 0.15) is 11.9 Å². The van der Waals surface area contributed by atoms with Crippen LogP contribution in [0.25, 0.3) is 0 Å². The van der Waals surface area contributed by atoms with Gasteiger partial charge in [0.25, 0.3) is 0 Å². The third-order valence-electron chi connectivity index (χ3n) is 1.63. The maximum absolute atomic E-state index is 10.8. The van der Waals surface area contributed by atoms with Gasteiger partial charge in [-0.15, -0.1) is 20.3 Å². The minimum absolute atomic E-state index is 0.228. The zero-order chi connectivity index (χ0) is 11.9. The van der Waals surface area contributed by atoms with Crippen molar-refractivity contribution in [1.82, 2.24) is 5.25 Å². The molecule has 88 valence electrons. The van der Waals surface area contributed by atoms with Crippen LogP contribution in [0.5, 0.6) is 0 Å². The highest BCUT2D eigenvalue weighted by molar-refractivity contribution is 7.36.